The Hall–Kier alpha value is -2.51. The number of carbonyl (C=O) groups is 1. The number of carbonyl (C=O) groups excluding carboxylic acids is 1. The topological polar surface area (TPSA) is 129 Å². The quantitative estimate of drug-likeness (QED) is 0.342. The van der Waals surface area contributed by atoms with Gasteiger partial charge in [0.05, 0.1) is 9.85 Å². The molecule has 0 amide bonds. The van der Waals surface area contributed by atoms with E-state index in [1.807, 2.05) is 0 Å². The molecule has 0 heterocycles. The largest absolute Gasteiger partial charge is 0.398 e. The molecule has 0 saturated heterocycles. The van der Waals surface area contributed by atoms with E-state index in [-0.39, 0.29) is 12.0 Å². The fourth-order valence-corrected chi connectivity index (χ4v) is 1.07. The van der Waals surface area contributed by atoms with E-state index in [4.69, 9.17) is 5.73 Å². The standard InChI is InChI=1S/C7H5N3O5/c8-4-1-6(9(12)13)5(3-11)7(2-4)10(14)15/h1-3H,8H2. The molecule has 2 N–H and O–H groups in total. The van der Waals surface area contributed by atoms with Crippen LogP contribution in [0.1, 0.15) is 10.4 Å². The zero-order chi connectivity index (χ0) is 11.6. The van der Waals surface area contributed by atoms with Crippen LogP contribution in [0.25, 0.3) is 0 Å². The number of nitrogens with two attached hydrogens (primary N) is 1. The van der Waals surface area contributed by atoms with Gasteiger partial charge in [0.1, 0.15) is 0 Å². The molecule has 0 fully saturated rings. The minimum Gasteiger partial charge on any atom is -0.398 e. The van der Waals surface area contributed by atoms with Crippen LogP contribution in [-0.4, -0.2) is 16.1 Å². The third-order valence-electron chi connectivity index (χ3n) is 1.67. The van der Waals surface area contributed by atoms with Crippen LogP contribution in [0.4, 0.5) is 17.1 Å². The molecule has 0 unspecified atom stereocenters. The third-order valence-corrected chi connectivity index (χ3v) is 1.67. The summed E-state index contributed by atoms with van der Waals surface area (Å²) < 4.78 is 0. The number of nitrogens with zero attached hydrogens (tertiary/aromatic N) is 2. The SMILES string of the molecule is Nc1cc([N+](=O)[O-])c(C=O)c([N+](=O)[O-])c1. The van der Waals surface area contributed by atoms with E-state index in [9.17, 15) is 25.0 Å². The lowest BCUT2D eigenvalue weighted by molar-refractivity contribution is -0.394. The highest BCUT2D eigenvalue weighted by atomic mass is 16.6. The predicted octanol–water partition coefficient (Wildman–Crippen LogP) is 0.898. The summed E-state index contributed by atoms with van der Waals surface area (Å²) in [5.74, 6) is 0. The number of rotatable bonds is 3. The van der Waals surface area contributed by atoms with Gasteiger partial charge < -0.3 is 5.73 Å². The molecule has 1 aromatic rings. The number of aldehydes is 1. The number of benzene rings is 1. The third kappa shape index (κ3) is 1.88. The minimum absolute atomic E-state index is 0.0652. The molecule has 78 valence electrons. The maximum absolute atomic E-state index is 10.5. The van der Waals surface area contributed by atoms with Crippen molar-refractivity contribution in [3.63, 3.8) is 0 Å². The van der Waals surface area contributed by atoms with Crippen molar-refractivity contribution in [3.05, 3.63) is 37.9 Å². The second kappa shape index (κ2) is 3.70. The number of anilines is 1. The summed E-state index contributed by atoms with van der Waals surface area (Å²) in [6.07, 6.45) is 0.0652. The number of hydrogen-bond donors (Lipinski definition) is 1. The minimum atomic E-state index is -0.896. The Kier molecular flexibility index (Phi) is 2.61. The number of hydrogen-bond acceptors (Lipinski definition) is 6. The van der Waals surface area contributed by atoms with Gasteiger partial charge in [-0.25, -0.2) is 0 Å². The van der Waals surface area contributed by atoms with Gasteiger partial charge in [-0.3, -0.25) is 25.0 Å². The van der Waals surface area contributed by atoms with Gasteiger partial charge in [0.15, 0.2) is 11.8 Å². The van der Waals surface area contributed by atoms with Gasteiger partial charge in [0.2, 0.25) is 0 Å². The van der Waals surface area contributed by atoms with Crippen molar-refractivity contribution in [1.82, 2.24) is 0 Å². The molecule has 1 aromatic carbocycles. The molecule has 0 atom stereocenters. The first-order valence-electron chi connectivity index (χ1n) is 3.65. The predicted molar refractivity (Wildman–Crippen MR) is 49.6 cm³/mol. The Labute approximate surface area is 82.6 Å². The smallest absolute Gasteiger partial charge is 0.288 e. The van der Waals surface area contributed by atoms with E-state index in [0.29, 0.717) is 0 Å². The van der Waals surface area contributed by atoms with Crippen molar-refractivity contribution in [2.75, 3.05) is 5.73 Å². The lowest BCUT2D eigenvalue weighted by atomic mass is 10.1. The van der Waals surface area contributed by atoms with Gasteiger partial charge in [-0.2, -0.15) is 0 Å². The van der Waals surface area contributed by atoms with Gasteiger partial charge in [-0.1, -0.05) is 0 Å². The molecule has 0 spiro atoms. The Morgan fingerprint density at radius 2 is 1.53 bits per heavy atom. The fourth-order valence-electron chi connectivity index (χ4n) is 1.07. The van der Waals surface area contributed by atoms with Crippen LogP contribution >= 0.6 is 0 Å². The van der Waals surface area contributed by atoms with Crippen LogP contribution in [-0.2, 0) is 0 Å². The Balaban J connectivity index is 3.59. The van der Waals surface area contributed by atoms with E-state index in [0.717, 1.165) is 12.1 Å². The summed E-state index contributed by atoms with van der Waals surface area (Å²) in [5.41, 5.74) is 3.17. The van der Waals surface area contributed by atoms with Crippen LogP contribution in [0, 0.1) is 20.2 Å². The Morgan fingerprint density at radius 1 is 1.13 bits per heavy atom. The highest BCUT2D eigenvalue weighted by Gasteiger charge is 2.25. The van der Waals surface area contributed by atoms with Crippen molar-refractivity contribution in [2.24, 2.45) is 0 Å². The first-order chi connectivity index (χ1) is 6.97. The Morgan fingerprint density at radius 3 is 1.80 bits per heavy atom. The lowest BCUT2D eigenvalue weighted by Crippen LogP contribution is -2.02. The van der Waals surface area contributed by atoms with E-state index in [1.165, 1.54) is 0 Å². The number of nitrogen functional groups attached to an aromatic ring is 1. The van der Waals surface area contributed by atoms with Crippen LogP contribution in [0.3, 0.4) is 0 Å². The zero-order valence-corrected chi connectivity index (χ0v) is 7.25. The van der Waals surface area contributed by atoms with E-state index >= 15 is 0 Å². The molecule has 0 aromatic heterocycles. The molecule has 0 radical (unpaired) electrons. The Bertz CT molecular complexity index is 421. The molecule has 15 heavy (non-hydrogen) atoms. The first kappa shape index (κ1) is 10.6. The van der Waals surface area contributed by atoms with Crippen molar-refractivity contribution in [2.45, 2.75) is 0 Å². The van der Waals surface area contributed by atoms with Crippen molar-refractivity contribution in [1.29, 1.82) is 0 Å². The van der Waals surface area contributed by atoms with E-state index in [2.05, 4.69) is 0 Å². The van der Waals surface area contributed by atoms with Gasteiger partial charge in [-0.05, 0) is 0 Å². The highest BCUT2D eigenvalue weighted by Crippen LogP contribution is 2.29. The molecule has 0 bridgehead atoms. The average molecular weight is 211 g/mol. The lowest BCUT2D eigenvalue weighted by Gasteiger charge is -1.99. The van der Waals surface area contributed by atoms with Crippen LogP contribution in [0.5, 0.6) is 0 Å². The molecular formula is C7H5N3O5. The van der Waals surface area contributed by atoms with Gasteiger partial charge in [0, 0.05) is 17.8 Å². The van der Waals surface area contributed by atoms with Gasteiger partial charge >= 0.3 is 0 Å². The highest BCUT2D eigenvalue weighted by molar-refractivity contribution is 5.89. The summed E-state index contributed by atoms with van der Waals surface area (Å²) in [7, 11) is 0. The number of nitro benzene ring substituents is 2. The summed E-state index contributed by atoms with van der Waals surface area (Å²) in [6.45, 7) is 0. The molecule has 8 nitrogen and oxygen atoms in total. The summed E-state index contributed by atoms with van der Waals surface area (Å²) in [4.78, 5) is 29.7. The van der Waals surface area contributed by atoms with Gasteiger partial charge in [0.25, 0.3) is 11.4 Å². The molecule has 0 aliphatic carbocycles. The van der Waals surface area contributed by atoms with E-state index in [1.54, 1.807) is 0 Å². The summed E-state index contributed by atoms with van der Waals surface area (Å²) in [6, 6.07) is 1.80. The first-order valence-corrected chi connectivity index (χ1v) is 3.65. The second-order valence-corrected chi connectivity index (χ2v) is 2.60. The maximum atomic E-state index is 10.5. The molecule has 0 aliphatic rings. The van der Waals surface area contributed by atoms with E-state index < -0.39 is 26.8 Å². The maximum Gasteiger partial charge on any atom is 0.288 e. The molecule has 8 heteroatoms. The van der Waals surface area contributed by atoms with Crippen LogP contribution in [0.15, 0.2) is 12.1 Å². The van der Waals surface area contributed by atoms with Gasteiger partial charge in [-0.15, -0.1) is 0 Å². The molecular weight excluding hydrogens is 206 g/mol. The second-order valence-electron chi connectivity index (χ2n) is 2.60. The summed E-state index contributed by atoms with van der Waals surface area (Å²) in [5, 5.41) is 21.0. The average Bonchev–Trinajstić information content (AvgIpc) is 2.16. The van der Waals surface area contributed by atoms with Crippen molar-refractivity contribution in [3.8, 4) is 0 Å². The van der Waals surface area contributed by atoms with Crippen molar-refractivity contribution >= 4 is 23.3 Å². The normalized spacial score (nSPS) is 9.60. The fraction of sp³-hybridized carbons (Fsp3) is 0. The van der Waals surface area contributed by atoms with Crippen LogP contribution < -0.4 is 5.73 Å². The zero-order valence-electron chi connectivity index (χ0n) is 7.25. The molecule has 0 saturated carbocycles. The van der Waals surface area contributed by atoms with Crippen LogP contribution in [0.2, 0.25) is 0 Å². The summed E-state index contributed by atoms with van der Waals surface area (Å²) >= 11 is 0. The molecule has 1 rings (SSSR count). The van der Waals surface area contributed by atoms with Crippen molar-refractivity contribution < 1.29 is 14.6 Å². The number of nitro groups is 2. The monoisotopic (exact) mass is 211 g/mol. The molecule has 0 aliphatic heterocycles.